The van der Waals surface area contributed by atoms with Crippen LogP contribution in [0.4, 0.5) is 4.39 Å². The van der Waals surface area contributed by atoms with Crippen molar-refractivity contribution in [2.75, 3.05) is 0 Å². The summed E-state index contributed by atoms with van der Waals surface area (Å²) in [5.41, 5.74) is 0.678. The van der Waals surface area contributed by atoms with E-state index in [1.807, 2.05) is 20.8 Å². The zero-order valence-electron chi connectivity index (χ0n) is 21.1. The van der Waals surface area contributed by atoms with Gasteiger partial charge in [-0.3, -0.25) is 14.6 Å². The topological polar surface area (TPSA) is 119 Å². The predicted octanol–water partition coefficient (Wildman–Crippen LogP) is 3.46. The number of carbonyl (C=O) groups is 2. The number of aromatic nitrogens is 5. The third kappa shape index (κ3) is 6.63. The fourth-order valence-electron chi connectivity index (χ4n) is 3.74. The Hall–Kier alpha value is -4.41. The van der Waals surface area contributed by atoms with Gasteiger partial charge in [-0.25, -0.2) is 4.39 Å². The van der Waals surface area contributed by atoms with E-state index in [0.717, 1.165) is 4.80 Å². The van der Waals surface area contributed by atoms with Gasteiger partial charge in [0.25, 0.3) is 0 Å². The Morgan fingerprint density at radius 1 is 1.08 bits per heavy atom. The molecule has 3 heterocycles. The molecule has 3 aromatic heterocycles. The van der Waals surface area contributed by atoms with Gasteiger partial charge in [-0.05, 0) is 80.4 Å². The number of benzene rings is 1. The summed E-state index contributed by atoms with van der Waals surface area (Å²) < 4.78 is 19.1. The standard InChI is InChI=1S/C26H28FN7O3/c1-17-5-10-21(37-17)24-30-32-34(31-24)16-22(35)33(15-18-6-8-20(27)9-7-18)23(19-11-13-28-14-12-19)25(36)29-26(2,3)4/h5-14,23H,15-16H2,1-4H3,(H,29,36)/t23-/m1/s1. The largest absolute Gasteiger partial charge is 0.458 e. The molecule has 37 heavy (non-hydrogen) atoms. The van der Waals surface area contributed by atoms with Crippen molar-refractivity contribution >= 4 is 11.8 Å². The quantitative estimate of drug-likeness (QED) is 0.389. The zero-order valence-corrected chi connectivity index (χ0v) is 21.1. The Labute approximate surface area is 213 Å². The molecular formula is C26H28FN7O3. The van der Waals surface area contributed by atoms with Crippen molar-refractivity contribution in [3.05, 3.63) is 83.6 Å². The molecular weight excluding hydrogens is 477 g/mol. The molecule has 0 unspecified atom stereocenters. The maximum absolute atomic E-state index is 13.7. The lowest BCUT2D eigenvalue weighted by Gasteiger charge is -2.33. The number of carbonyl (C=O) groups excluding carboxylic acids is 2. The van der Waals surface area contributed by atoms with Crippen LogP contribution in [-0.4, -0.2) is 47.4 Å². The lowest BCUT2D eigenvalue weighted by molar-refractivity contribution is -0.143. The summed E-state index contributed by atoms with van der Waals surface area (Å²) in [6.07, 6.45) is 3.12. The van der Waals surface area contributed by atoms with Gasteiger partial charge >= 0.3 is 0 Å². The van der Waals surface area contributed by atoms with Crippen LogP contribution in [0.1, 0.15) is 43.7 Å². The molecule has 10 nitrogen and oxygen atoms in total. The fourth-order valence-corrected chi connectivity index (χ4v) is 3.74. The van der Waals surface area contributed by atoms with Crippen molar-refractivity contribution in [2.24, 2.45) is 0 Å². The summed E-state index contributed by atoms with van der Waals surface area (Å²) in [7, 11) is 0. The van der Waals surface area contributed by atoms with Gasteiger partial charge in [-0.15, -0.1) is 10.2 Å². The Morgan fingerprint density at radius 3 is 2.41 bits per heavy atom. The average Bonchev–Trinajstić information content (AvgIpc) is 3.48. The molecule has 1 atom stereocenters. The molecule has 0 spiro atoms. The van der Waals surface area contributed by atoms with Crippen molar-refractivity contribution in [3.8, 4) is 11.6 Å². The lowest BCUT2D eigenvalue weighted by Crippen LogP contribution is -2.49. The Bertz CT molecular complexity index is 1360. The van der Waals surface area contributed by atoms with Gasteiger partial charge in [0.2, 0.25) is 17.6 Å². The summed E-state index contributed by atoms with van der Waals surface area (Å²) in [4.78, 5) is 33.9. The highest BCUT2D eigenvalue weighted by molar-refractivity contribution is 5.89. The van der Waals surface area contributed by atoms with E-state index in [1.165, 1.54) is 17.0 Å². The summed E-state index contributed by atoms with van der Waals surface area (Å²) >= 11 is 0. The minimum Gasteiger partial charge on any atom is -0.458 e. The van der Waals surface area contributed by atoms with Crippen molar-refractivity contribution in [3.63, 3.8) is 0 Å². The lowest BCUT2D eigenvalue weighted by atomic mass is 10.0. The Balaban J connectivity index is 1.68. The summed E-state index contributed by atoms with van der Waals surface area (Å²) in [6, 6.07) is 11.6. The van der Waals surface area contributed by atoms with Gasteiger partial charge in [0.15, 0.2) is 5.76 Å². The maximum Gasteiger partial charge on any atom is 0.247 e. The van der Waals surface area contributed by atoms with Crippen molar-refractivity contribution < 1.29 is 18.4 Å². The van der Waals surface area contributed by atoms with E-state index in [-0.39, 0.29) is 24.8 Å². The molecule has 1 N–H and O–H groups in total. The van der Waals surface area contributed by atoms with Gasteiger partial charge in [0.1, 0.15) is 24.2 Å². The first-order valence-electron chi connectivity index (χ1n) is 11.7. The molecule has 0 aliphatic rings. The highest BCUT2D eigenvalue weighted by Crippen LogP contribution is 2.25. The third-order valence-corrected chi connectivity index (χ3v) is 5.36. The molecule has 0 saturated carbocycles. The zero-order chi connectivity index (χ0) is 26.6. The number of rotatable bonds is 8. The van der Waals surface area contributed by atoms with Crippen LogP contribution in [0.25, 0.3) is 11.6 Å². The van der Waals surface area contributed by atoms with E-state index in [2.05, 4.69) is 25.7 Å². The van der Waals surface area contributed by atoms with E-state index < -0.39 is 23.3 Å². The van der Waals surface area contributed by atoms with Gasteiger partial charge in [-0.2, -0.15) is 4.80 Å². The molecule has 0 bridgehead atoms. The normalized spacial score (nSPS) is 12.2. The number of hydrogen-bond acceptors (Lipinski definition) is 7. The fraction of sp³-hybridized carbons (Fsp3) is 0.308. The van der Waals surface area contributed by atoms with Crippen LogP contribution in [0.5, 0.6) is 0 Å². The number of hydrogen-bond donors (Lipinski definition) is 1. The molecule has 192 valence electrons. The molecule has 0 radical (unpaired) electrons. The first-order chi connectivity index (χ1) is 17.6. The molecule has 0 fully saturated rings. The van der Waals surface area contributed by atoms with Crippen LogP contribution in [-0.2, 0) is 22.7 Å². The van der Waals surface area contributed by atoms with Crippen LogP contribution >= 0.6 is 0 Å². The van der Waals surface area contributed by atoms with Crippen molar-refractivity contribution in [1.82, 2.24) is 35.4 Å². The van der Waals surface area contributed by atoms with Gasteiger partial charge in [0, 0.05) is 24.5 Å². The number of aryl methyl sites for hydroxylation is 1. The number of tetrazole rings is 1. The average molecular weight is 506 g/mol. The molecule has 4 rings (SSSR count). The van der Waals surface area contributed by atoms with Crippen molar-refractivity contribution in [2.45, 2.75) is 52.4 Å². The van der Waals surface area contributed by atoms with Crippen LogP contribution < -0.4 is 5.32 Å². The number of furan rings is 1. The van der Waals surface area contributed by atoms with Gasteiger partial charge < -0.3 is 14.6 Å². The number of nitrogens with zero attached hydrogens (tertiary/aromatic N) is 6. The number of amides is 2. The summed E-state index contributed by atoms with van der Waals surface area (Å²) in [5, 5.41) is 15.2. The predicted molar refractivity (Wildman–Crippen MR) is 132 cm³/mol. The third-order valence-electron chi connectivity index (χ3n) is 5.36. The first-order valence-corrected chi connectivity index (χ1v) is 11.7. The second-order valence-electron chi connectivity index (χ2n) is 9.62. The molecule has 4 aromatic rings. The van der Waals surface area contributed by atoms with E-state index in [0.29, 0.717) is 22.6 Å². The van der Waals surface area contributed by atoms with E-state index in [1.54, 1.807) is 55.7 Å². The number of nitrogens with one attached hydrogen (secondary N) is 1. The van der Waals surface area contributed by atoms with Crippen molar-refractivity contribution in [1.29, 1.82) is 0 Å². The summed E-state index contributed by atoms with van der Waals surface area (Å²) in [5.74, 6) is 0.159. The molecule has 0 saturated heterocycles. The molecule has 0 aliphatic carbocycles. The smallest absolute Gasteiger partial charge is 0.247 e. The van der Waals surface area contributed by atoms with Crippen LogP contribution in [0.15, 0.2) is 65.3 Å². The number of halogens is 1. The van der Waals surface area contributed by atoms with Gasteiger partial charge in [0.05, 0.1) is 0 Å². The Morgan fingerprint density at radius 2 is 1.78 bits per heavy atom. The first kappa shape index (κ1) is 25.7. The molecule has 2 amide bonds. The minimum absolute atomic E-state index is 0.0442. The van der Waals surface area contributed by atoms with Gasteiger partial charge in [-0.1, -0.05) is 12.1 Å². The highest BCUT2D eigenvalue weighted by Gasteiger charge is 2.34. The molecule has 11 heteroatoms. The monoisotopic (exact) mass is 505 g/mol. The highest BCUT2D eigenvalue weighted by atomic mass is 19.1. The second-order valence-corrected chi connectivity index (χ2v) is 9.62. The molecule has 1 aromatic carbocycles. The molecule has 0 aliphatic heterocycles. The maximum atomic E-state index is 13.7. The van der Waals surface area contributed by atoms with E-state index in [4.69, 9.17) is 4.42 Å². The van der Waals surface area contributed by atoms with Crippen LogP contribution in [0.2, 0.25) is 0 Å². The number of pyridine rings is 1. The Kier molecular flexibility index (Phi) is 7.42. The van der Waals surface area contributed by atoms with Crippen LogP contribution in [0.3, 0.4) is 0 Å². The second kappa shape index (κ2) is 10.7. The minimum atomic E-state index is -0.990. The SMILES string of the molecule is Cc1ccc(-c2nnn(CC(=O)N(Cc3ccc(F)cc3)[C@@H](C(=O)NC(C)(C)C)c3ccncc3)n2)o1. The van der Waals surface area contributed by atoms with E-state index in [9.17, 15) is 14.0 Å². The van der Waals surface area contributed by atoms with E-state index >= 15 is 0 Å². The van der Waals surface area contributed by atoms with Crippen LogP contribution in [0, 0.1) is 12.7 Å². The summed E-state index contributed by atoms with van der Waals surface area (Å²) in [6.45, 7) is 7.14.